The number of likely N-dealkylation sites (tertiary alicyclic amines) is 1. The van der Waals surface area contributed by atoms with Crippen molar-refractivity contribution >= 4 is 5.82 Å². The molecule has 2 aromatic rings. The van der Waals surface area contributed by atoms with E-state index in [2.05, 4.69) is 44.9 Å². The highest BCUT2D eigenvalue weighted by atomic mass is 15.3. The topological polar surface area (TPSA) is 50.1 Å². The third kappa shape index (κ3) is 3.05. The first-order valence-corrected chi connectivity index (χ1v) is 7.34. The van der Waals surface area contributed by atoms with Gasteiger partial charge in [-0.05, 0) is 25.5 Å². The molecule has 1 atom stereocenters. The van der Waals surface area contributed by atoms with E-state index < -0.39 is 0 Å². The summed E-state index contributed by atoms with van der Waals surface area (Å²) in [7, 11) is 4.11. The summed E-state index contributed by atoms with van der Waals surface area (Å²) in [6.45, 7) is 5.17. The third-order valence-electron chi connectivity index (χ3n) is 4.27. The fraction of sp³-hybridized carbons (Fsp3) is 0.533. The van der Waals surface area contributed by atoms with Crippen LogP contribution in [0.4, 0.5) is 5.82 Å². The van der Waals surface area contributed by atoms with Crippen LogP contribution in [-0.2, 0) is 13.6 Å². The highest BCUT2D eigenvalue weighted by Crippen LogP contribution is 2.20. The number of hydrogen-bond donors (Lipinski definition) is 0. The van der Waals surface area contributed by atoms with E-state index in [0.717, 1.165) is 37.6 Å². The normalized spacial score (nSPS) is 19.1. The van der Waals surface area contributed by atoms with Crippen LogP contribution in [0.25, 0.3) is 0 Å². The minimum atomic E-state index is 0.504. The maximum Gasteiger partial charge on any atom is 0.131 e. The SMILES string of the molecule is Cc1cc(CN2CCC(N(C)c3ccncn3)C2)nn1C. The van der Waals surface area contributed by atoms with Gasteiger partial charge in [0.15, 0.2) is 0 Å². The molecule has 1 aliphatic rings. The highest BCUT2D eigenvalue weighted by molar-refractivity contribution is 5.37. The van der Waals surface area contributed by atoms with Crippen molar-refractivity contribution in [3.8, 4) is 0 Å². The number of likely N-dealkylation sites (N-methyl/N-ethyl adjacent to an activating group) is 1. The maximum atomic E-state index is 4.54. The molecule has 1 saturated heterocycles. The average Bonchev–Trinajstić information content (AvgIpc) is 3.07. The molecule has 3 rings (SSSR count). The van der Waals surface area contributed by atoms with Crippen LogP contribution < -0.4 is 4.90 Å². The zero-order valence-corrected chi connectivity index (χ0v) is 12.9. The summed E-state index contributed by atoms with van der Waals surface area (Å²) in [5.74, 6) is 0.991. The van der Waals surface area contributed by atoms with Crippen LogP contribution >= 0.6 is 0 Å². The number of hydrogen-bond acceptors (Lipinski definition) is 5. The van der Waals surface area contributed by atoms with E-state index in [1.165, 1.54) is 5.69 Å². The van der Waals surface area contributed by atoms with Crippen molar-refractivity contribution in [3.05, 3.63) is 36.0 Å². The van der Waals surface area contributed by atoms with Gasteiger partial charge < -0.3 is 4.90 Å². The Morgan fingerprint density at radius 3 is 2.95 bits per heavy atom. The molecule has 0 amide bonds. The first kappa shape index (κ1) is 14.0. The summed E-state index contributed by atoms with van der Waals surface area (Å²) in [5, 5.41) is 4.54. The van der Waals surface area contributed by atoms with Gasteiger partial charge in [-0.3, -0.25) is 9.58 Å². The largest absolute Gasteiger partial charge is 0.355 e. The quantitative estimate of drug-likeness (QED) is 0.846. The molecule has 112 valence electrons. The molecule has 0 radical (unpaired) electrons. The Balaban J connectivity index is 1.60. The summed E-state index contributed by atoms with van der Waals surface area (Å²) in [4.78, 5) is 13.0. The van der Waals surface area contributed by atoms with Gasteiger partial charge in [0.25, 0.3) is 0 Å². The van der Waals surface area contributed by atoms with E-state index in [0.29, 0.717) is 6.04 Å². The van der Waals surface area contributed by atoms with Gasteiger partial charge in [0.05, 0.1) is 5.69 Å². The van der Waals surface area contributed by atoms with Crippen molar-refractivity contribution in [3.63, 3.8) is 0 Å². The summed E-state index contributed by atoms with van der Waals surface area (Å²) in [6.07, 6.45) is 4.56. The third-order valence-corrected chi connectivity index (χ3v) is 4.27. The molecule has 2 aromatic heterocycles. The zero-order chi connectivity index (χ0) is 14.8. The van der Waals surface area contributed by atoms with Crippen molar-refractivity contribution < 1.29 is 0 Å². The lowest BCUT2D eigenvalue weighted by atomic mass is 10.2. The fourth-order valence-electron chi connectivity index (χ4n) is 2.89. The molecular formula is C15H22N6. The monoisotopic (exact) mass is 286 g/mol. The first-order valence-electron chi connectivity index (χ1n) is 7.34. The first-order chi connectivity index (χ1) is 10.1. The predicted molar refractivity (Wildman–Crippen MR) is 82.1 cm³/mol. The average molecular weight is 286 g/mol. The lowest BCUT2D eigenvalue weighted by molar-refractivity contribution is 0.320. The lowest BCUT2D eigenvalue weighted by Crippen LogP contribution is -2.35. The Morgan fingerprint density at radius 2 is 2.29 bits per heavy atom. The Kier molecular flexibility index (Phi) is 3.88. The van der Waals surface area contributed by atoms with Crippen LogP contribution in [0.3, 0.4) is 0 Å². The van der Waals surface area contributed by atoms with Crippen molar-refractivity contribution in [1.82, 2.24) is 24.6 Å². The highest BCUT2D eigenvalue weighted by Gasteiger charge is 2.26. The van der Waals surface area contributed by atoms with Crippen LogP contribution in [0.2, 0.25) is 0 Å². The van der Waals surface area contributed by atoms with Gasteiger partial charge in [-0.15, -0.1) is 0 Å². The minimum Gasteiger partial charge on any atom is -0.355 e. The molecule has 0 bridgehead atoms. The molecule has 6 heteroatoms. The zero-order valence-electron chi connectivity index (χ0n) is 12.9. The van der Waals surface area contributed by atoms with Crippen LogP contribution in [0.5, 0.6) is 0 Å². The van der Waals surface area contributed by atoms with Gasteiger partial charge in [-0.2, -0.15) is 5.10 Å². The van der Waals surface area contributed by atoms with Gasteiger partial charge in [0.1, 0.15) is 12.1 Å². The summed E-state index contributed by atoms with van der Waals surface area (Å²) in [6, 6.07) is 4.64. The van der Waals surface area contributed by atoms with Crippen molar-refractivity contribution in [1.29, 1.82) is 0 Å². The molecule has 0 saturated carbocycles. The Hall–Kier alpha value is -1.95. The second-order valence-corrected chi connectivity index (χ2v) is 5.76. The summed E-state index contributed by atoms with van der Waals surface area (Å²) < 4.78 is 1.94. The van der Waals surface area contributed by atoms with Gasteiger partial charge >= 0.3 is 0 Å². The number of aromatic nitrogens is 4. The molecule has 0 aliphatic carbocycles. The lowest BCUT2D eigenvalue weighted by Gasteiger charge is -2.25. The Labute approximate surface area is 125 Å². The number of nitrogens with zero attached hydrogens (tertiary/aromatic N) is 6. The molecule has 1 unspecified atom stereocenters. The molecule has 0 aromatic carbocycles. The smallest absolute Gasteiger partial charge is 0.131 e. The molecule has 0 spiro atoms. The second kappa shape index (κ2) is 5.81. The Morgan fingerprint density at radius 1 is 1.43 bits per heavy atom. The molecular weight excluding hydrogens is 264 g/mol. The minimum absolute atomic E-state index is 0.504. The van der Waals surface area contributed by atoms with Crippen molar-refractivity contribution in [2.75, 3.05) is 25.0 Å². The van der Waals surface area contributed by atoms with Gasteiger partial charge in [-0.25, -0.2) is 9.97 Å². The van der Waals surface area contributed by atoms with Crippen LogP contribution in [-0.4, -0.2) is 50.8 Å². The molecule has 1 aliphatic heterocycles. The standard InChI is InChI=1S/C15H22N6/c1-12-8-13(18-20(12)3)9-21-7-5-14(10-21)19(2)15-4-6-16-11-17-15/h4,6,8,11,14H,5,7,9-10H2,1-3H3. The molecule has 21 heavy (non-hydrogen) atoms. The molecule has 6 nitrogen and oxygen atoms in total. The van der Waals surface area contributed by atoms with Crippen LogP contribution in [0.1, 0.15) is 17.8 Å². The molecule has 3 heterocycles. The van der Waals surface area contributed by atoms with E-state index >= 15 is 0 Å². The number of rotatable bonds is 4. The Bertz CT molecular complexity index is 574. The van der Waals surface area contributed by atoms with E-state index in [9.17, 15) is 0 Å². The van der Waals surface area contributed by atoms with E-state index in [1.54, 1.807) is 12.5 Å². The van der Waals surface area contributed by atoms with Crippen LogP contribution in [0, 0.1) is 6.92 Å². The molecule has 0 N–H and O–H groups in total. The number of anilines is 1. The van der Waals surface area contributed by atoms with E-state index in [-0.39, 0.29) is 0 Å². The van der Waals surface area contributed by atoms with Crippen molar-refractivity contribution in [2.24, 2.45) is 7.05 Å². The predicted octanol–water partition coefficient (Wildman–Crippen LogP) is 1.23. The van der Waals surface area contributed by atoms with E-state index in [4.69, 9.17) is 0 Å². The van der Waals surface area contributed by atoms with Crippen LogP contribution in [0.15, 0.2) is 24.7 Å². The molecule has 1 fully saturated rings. The number of aryl methyl sites for hydroxylation is 2. The maximum absolute atomic E-state index is 4.54. The summed E-state index contributed by atoms with van der Waals surface area (Å²) >= 11 is 0. The fourth-order valence-corrected chi connectivity index (χ4v) is 2.89. The van der Waals surface area contributed by atoms with Crippen molar-refractivity contribution in [2.45, 2.75) is 25.9 Å². The van der Waals surface area contributed by atoms with Gasteiger partial charge in [-0.1, -0.05) is 0 Å². The summed E-state index contributed by atoms with van der Waals surface area (Å²) in [5.41, 5.74) is 2.36. The second-order valence-electron chi connectivity index (χ2n) is 5.76. The van der Waals surface area contributed by atoms with Gasteiger partial charge in [0.2, 0.25) is 0 Å². The van der Waals surface area contributed by atoms with Gasteiger partial charge in [0, 0.05) is 51.7 Å². The van der Waals surface area contributed by atoms with E-state index in [1.807, 2.05) is 17.8 Å².